The molecule has 3 rings (SSSR count). The van der Waals surface area contributed by atoms with Crippen molar-refractivity contribution < 1.29 is 0 Å². The number of nitrogens with one attached hydrogen (secondary N) is 2. The van der Waals surface area contributed by atoms with Gasteiger partial charge in [-0.3, -0.25) is 0 Å². The fourth-order valence-corrected chi connectivity index (χ4v) is 4.19. The van der Waals surface area contributed by atoms with Crippen LogP contribution in [0.15, 0.2) is 21.4 Å². The molecule has 1 aliphatic rings. The number of aromatic amines is 2. The Balaban J connectivity index is 2.08. The molecular weight excluding hydrogens is 318 g/mol. The number of nitrogens with two attached hydrogens (primary N) is 1. The molecule has 1 saturated carbocycles. The Morgan fingerprint density at radius 2 is 1.90 bits per heavy atom. The molecule has 1 aliphatic carbocycles. The molecule has 20 heavy (non-hydrogen) atoms. The van der Waals surface area contributed by atoms with Crippen LogP contribution in [0.25, 0.3) is 11.0 Å². The van der Waals surface area contributed by atoms with Crippen molar-refractivity contribution in [3.63, 3.8) is 0 Å². The van der Waals surface area contributed by atoms with Gasteiger partial charge >= 0.3 is 5.69 Å². The van der Waals surface area contributed by atoms with Gasteiger partial charge in [0.25, 0.3) is 0 Å². The van der Waals surface area contributed by atoms with Crippen molar-refractivity contribution in [3.05, 3.63) is 32.7 Å². The number of imidazole rings is 1. The van der Waals surface area contributed by atoms with Crippen molar-refractivity contribution in [2.75, 3.05) is 0 Å². The molecule has 1 heterocycles. The van der Waals surface area contributed by atoms with E-state index in [0.29, 0.717) is 0 Å². The van der Waals surface area contributed by atoms with Crippen LogP contribution in [-0.4, -0.2) is 9.97 Å². The highest BCUT2D eigenvalue weighted by atomic mass is 79.9. The number of hydrogen-bond donors (Lipinski definition) is 3. The maximum absolute atomic E-state index is 11.4. The van der Waals surface area contributed by atoms with Gasteiger partial charge in [0.05, 0.1) is 11.0 Å². The first kappa shape index (κ1) is 13.9. The first-order valence-electron chi connectivity index (χ1n) is 7.23. The van der Waals surface area contributed by atoms with Crippen molar-refractivity contribution in [2.45, 2.75) is 45.1 Å². The summed E-state index contributed by atoms with van der Waals surface area (Å²) in [7, 11) is 0. The van der Waals surface area contributed by atoms with Gasteiger partial charge in [-0.2, -0.15) is 0 Å². The Labute approximate surface area is 126 Å². The van der Waals surface area contributed by atoms with Crippen LogP contribution in [0.5, 0.6) is 0 Å². The standard InChI is InChI=1S/C15H20BrN3O/c1-2-15(5-3-4-6-15)13(17)9-7-11-12(8-10(9)16)19-14(20)18-11/h7-8,13H,2-6,17H2,1H3,(H2,18,19,20). The molecule has 1 fully saturated rings. The van der Waals surface area contributed by atoms with Crippen molar-refractivity contribution in [1.29, 1.82) is 0 Å². The lowest BCUT2D eigenvalue weighted by molar-refractivity contribution is 0.221. The van der Waals surface area contributed by atoms with Gasteiger partial charge in [0.15, 0.2) is 0 Å². The Morgan fingerprint density at radius 1 is 1.30 bits per heavy atom. The molecule has 0 radical (unpaired) electrons. The van der Waals surface area contributed by atoms with Crippen LogP contribution < -0.4 is 11.4 Å². The zero-order valence-corrected chi connectivity index (χ0v) is 13.2. The van der Waals surface area contributed by atoms with E-state index >= 15 is 0 Å². The lowest BCUT2D eigenvalue weighted by Crippen LogP contribution is -2.32. The second kappa shape index (κ2) is 5.04. The third-order valence-corrected chi connectivity index (χ3v) is 5.62. The van der Waals surface area contributed by atoms with Crippen molar-refractivity contribution in [3.8, 4) is 0 Å². The Hall–Kier alpha value is -1.07. The SMILES string of the molecule is CCC1(C(N)c2cc3[nH]c(=O)[nH]c3cc2Br)CCCC1. The average Bonchev–Trinajstić information content (AvgIpc) is 3.03. The summed E-state index contributed by atoms with van der Waals surface area (Å²) < 4.78 is 0.979. The molecule has 0 bridgehead atoms. The molecule has 2 aromatic rings. The quantitative estimate of drug-likeness (QED) is 0.800. The highest BCUT2D eigenvalue weighted by Crippen LogP contribution is 2.50. The molecule has 4 nitrogen and oxygen atoms in total. The fraction of sp³-hybridized carbons (Fsp3) is 0.533. The molecule has 0 amide bonds. The monoisotopic (exact) mass is 337 g/mol. The van der Waals surface area contributed by atoms with Crippen LogP contribution in [0, 0.1) is 5.41 Å². The molecule has 0 saturated heterocycles. The predicted molar refractivity (Wildman–Crippen MR) is 84.7 cm³/mol. The number of benzene rings is 1. The van der Waals surface area contributed by atoms with Gasteiger partial charge in [0, 0.05) is 10.5 Å². The molecule has 1 unspecified atom stereocenters. The van der Waals surface area contributed by atoms with Crippen molar-refractivity contribution in [1.82, 2.24) is 9.97 Å². The minimum atomic E-state index is -0.177. The number of halogens is 1. The van der Waals surface area contributed by atoms with Crippen LogP contribution in [0.1, 0.15) is 50.6 Å². The number of rotatable bonds is 3. The van der Waals surface area contributed by atoms with Gasteiger partial charge in [-0.25, -0.2) is 4.79 Å². The first-order chi connectivity index (χ1) is 9.55. The molecule has 1 aromatic heterocycles. The zero-order chi connectivity index (χ0) is 14.3. The summed E-state index contributed by atoms with van der Waals surface area (Å²) in [6.45, 7) is 2.23. The Morgan fingerprint density at radius 3 is 2.50 bits per heavy atom. The largest absolute Gasteiger partial charge is 0.323 e. The normalized spacial score (nSPS) is 19.6. The second-order valence-corrected chi connectivity index (χ2v) is 6.75. The summed E-state index contributed by atoms with van der Waals surface area (Å²) in [5.74, 6) is 0. The lowest BCUT2D eigenvalue weighted by atomic mass is 9.74. The van der Waals surface area contributed by atoms with E-state index in [1.54, 1.807) is 0 Å². The third-order valence-electron chi connectivity index (χ3n) is 4.93. The van der Waals surface area contributed by atoms with E-state index < -0.39 is 0 Å². The number of fused-ring (bicyclic) bond motifs is 1. The van der Waals surface area contributed by atoms with E-state index in [4.69, 9.17) is 5.73 Å². The Kier molecular flexibility index (Phi) is 3.50. The zero-order valence-electron chi connectivity index (χ0n) is 11.6. The highest BCUT2D eigenvalue weighted by Gasteiger charge is 2.39. The summed E-state index contributed by atoms with van der Waals surface area (Å²) in [5.41, 5.74) is 9.37. The molecular formula is C15H20BrN3O. The molecule has 1 aromatic carbocycles. The number of hydrogen-bond acceptors (Lipinski definition) is 2. The van der Waals surface area contributed by atoms with Crippen molar-refractivity contribution >= 4 is 27.0 Å². The van der Waals surface area contributed by atoms with E-state index in [-0.39, 0.29) is 17.1 Å². The molecule has 1 atom stereocenters. The van der Waals surface area contributed by atoms with Gasteiger partial charge < -0.3 is 15.7 Å². The maximum Gasteiger partial charge on any atom is 0.323 e. The molecule has 0 spiro atoms. The van der Waals surface area contributed by atoms with E-state index in [1.807, 2.05) is 12.1 Å². The van der Waals surface area contributed by atoms with Gasteiger partial charge in [0.1, 0.15) is 0 Å². The second-order valence-electron chi connectivity index (χ2n) is 5.90. The van der Waals surface area contributed by atoms with Crippen LogP contribution in [0.4, 0.5) is 0 Å². The fourth-order valence-electron chi connectivity index (χ4n) is 3.60. The molecule has 4 N–H and O–H groups in total. The number of aromatic nitrogens is 2. The van der Waals surface area contributed by atoms with Crippen LogP contribution in [-0.2, 0) is 0 Å². The van der Waals surface area contributed by atoms with Gasteiger partial charge in [0.2, 0.25) is 0 Å². The minimum Gasteiger partial charge on any atom is -0.323 e. The van der Waals surface area contributed by atoms with Gasteiger partial charge in [-0.05, 0) is 42.4 Å². The summed E-state index contributed by atoms with van der Waals surface area (Å²) in [4.78, 5) is 17.0. The average molecular weight is 338 g/mol. The summed E-state index contributed by atoms with van der Waals surface area (Å²) >= 11 is 3.61. The maximum atomic E-state index is 11.4. The van der Waals surface area contributed by atoms with E-state index in [9.17, 15) is 4.79 Å². The summed E-state index contributed by atoms with van der Waals surface area (Å²) in [5, 5.41) is 0. The molecule has 5 heteroatoms. The van der Waals surface area contributed by atoms with Gasteiger partial charge in [-0.1, -0.05) is 35.7 Å². The van der Waals surface area contributed by atoms with Crippen LogP contribution in [0.3, 0.4) is 0 Å². The topological polar surface area (TPSA) is 74.7 Å². The number of H-pyrrole nitrogens is 2. The first-order valence-corrected chi connectivity index (χ1v) is 8.02. The Bertz CT molecular complexity index is 682. The van der Waals surface area contributed by atoms with Crippen molar-refractivity contribution in [2.24, 2.45) is 11.1 Å². The van der Waals surface area contributed by atoms with Gasteiger partial charge in [-0.15, -0.1) is 0 Å². The highest BCUT2D eigenvalue weighted by molar-refractivity contribution is 9.10. The minimum absolute atomic E-state index is 0.00665. The summed E-state index contributed by atoms with van der Waals surface area (Å²) in [6.07, 6.45) is 6.02. The molecule has 108 valence electrons. The molecule has 0 aliphatic heterocycles. The van der Waals surface area contributed by atoms with Crippen LogP contribution >= 0.6 is 15.9 Å². The van der Waals surface area contributed by atoms with E-state index in [1.165, 1.54) is 25.7 Å². The van der Waals surface area contributed by atoms with E-state index in [0.717, 1.165) is 27.5 Å². The van der Waals surface area contributed by atoms with E-state index in [2.05, 4.69) is 32.8 Å². The third kappa shape index (κ3) is 2.13. The smallest absolute Gasteiger partial charge is 0.323 e. The summed E-state index contributed by atoms with van der Waals surface area (Å²) in [6, 6.07) is 3.96. The van der Waals surface area contributed by atoms with Crippen LogP contribution in [0.2, 0.25) is 0 Å². The predicted octanol–water partition coefficient (Wildman–Crippen LogP) is 3.59. The lowest BCUT2D eigenvalue weighted by Gasteiger charge is -2.35.